The molecule has 3 fully saturated rings. The Hall–Kier alpha value is -4.70. The minimum Gasteiger partial charge on any atom is -0.497 e. The Morgan fingerprint density at radius 1 is 0.844 bits per heavy atom. The maximum absolute atomic E-state index is 13.8. The fourth-order valence-corrected chi connectivity index (χ4v) is 6.56. The van der Waals surface area contributed by atoms with Gasteiger partial charge in [-0.3, -0.25) is 9.59 Å². The lowest BCUT2D eigenvalue weighted by atomic mass is 9.76. The number of carbonyl (C=O) groups excluding carboxylic acids is 3. The molecule has 3 aliphatic rings. The molecule has 0 unspecified atom stereocenters. The fraction of sp³-hybridized carbons (Fsp3) is 0.371. The number of benzene rings is 3. The molecule has 0 spiro atoms. The molecule has 2 amide bonds. The summed E-state index contributed by atoms with van der Waals surface area (Å²) in [5.41, 5.74) is 3.34. The molecule has 234 valence electrons. The number of Topliss-reactive ketones (excluding diaryl/α,β-unsaturated/α-hetero) is 1. The third-order valence-electron chi connectivity index (χ3n) is 9.01. The Balaban J connectivity index is 1.22. The maximum atomic E-state index is 13.8. The largest absolute Gasteiger partial charge is 0.497 e. The number of hydrogen-bond acceptors (Lipinski definition) is 7. The molecular formula is C35H39N5O5. The minimum atomic E-state index is -0.437. The second-order valence-electron chi connectivity index (χ2n) is 12.0. The summed E-state index contributed by atoms with van der Waals surface area (Å²) in [4.78, 5) is 42.6. The van der Waals surface area contributed by atoms with E-state index < -0.39 is 6.03 Å². The highest BCUT2D eigenvalue weighted by molar-refractivity contribution is 6.08. The number of hydrogen-bond donors (Lipinski definition) is 2. The molecule has 2 N–H and O–H groups in total. The van der Waals surface area contributed by atoms with Gasteiger partial charge in [0.15, 0.2) is 5.78 Å². The van der Waals surface area contributed by atoms with Gasteiger partial charge < -0.3 is 25.0 Å². The van der Waals surface area contributed by atoms with Crippen molar-refractivity contribution in [2.24, 2.45) is 11.8 Å². The van der Waals surface area contributed by atoms with Crippen LogP contribution in [0.3, 0.4) is 0 Å². The van der Waals surface area contributed by atoms with E-state index in [-0.39, 0.29) is 36.3 Å². The Labute approximate surface area is 262 Å². The third kappa shape index (κ3) is 7.01. The summed E-state index contributed by atoms with van der Waals surface area (Å²) in [6.07, 6.45) is 2.76. The van der Waals surface area contributed by atoms with Crippen LogP contribution in [0.25, 0.3) is 10.9 Å². The number of nitrogens with zero attached hydrogens (tertiary/aromatic N) is 3. The molecule has 1 atom stereocenters. The standard InChI is InChI=1S/C35H39N5O5/c1-44-28-7-3-5-24(15-28)20-36-33(42)18-23-9-10-31-30(17-23)34(32(41)19-27-22-39-13-11-26(27)12-14-39)38-40(31)35(43)37-21-25-6-4-8-29(16-25)45-2/h3-10,15-17,26-27H,11-14,18-22H2,1-2H3,(H,36,42)(H,37,43)/t27-/m1/s1. The monoisotopic (exact) mass is 609 g/mol. The molecule has 3 aliphatic heterocycles. The van der Waals surface area contributed by atoms with E-state index in [4.69, 9.17) is 9.47 Å². The number of methoxy groups -OCH3 is 2. The number of rotatable bonds is 11. The van der Waals surface area contributed by atoms with E-state index in [9.17, 15) is 14.4 Å². The quantitative estimate of drug-likeness (QED) is 0.239. The van der Waals surface area contributed by atoms with Crippen LogP contribution in [-0.4, -0.2) is 66.3 Å². The molecule has 2 bridgehead atoms. The van der Waals surface area contributed by atoms with Crippen molar-refractivity contribution in [3.8, 4) is 11.5 Å². The van der Waals surface area contributed by atoms with E-state index in [1.165, 1.54) is 4.68 Å². The topological polar surface area (TPSA) is 115 Å². The van der Waals surface area contributed by atoms with E-state index in [1.807, 2.05) is 60.7 Å². The smallest absolute Gasteiger partial charge is 0.342 e. The van der Waals surface area contributed by atoms with Crippen molar-refractivity contribution in [3.63, 3.8) is 0 Å². The summed E-state index contributed by atoms with van der Waals surface area (Å²) in [7, 11) is 3.21. The number of carbonyl (C=O) groups is 3. The first kappa shape index (κ1) is 30.3. The summed E-state index contributed by atoms with van der Waals surface area (Å²) in [5, 5.41) is 11.0. The van der Waals surface area contributed by atoms with E-state index in [1.54, 1.807) is 20.3 Å². The Kier molecular flexibility index (Phi) is 9.11. The zero-order chi connectivity index (χ0) is 31.3. The van der Waals surface area contributed by atoms with Gasteiger partial charge in [-0.2, -0.15) is 9.78 Å². The highest BCUT2D eigenvalue weighted by atomic mass is 16.5. The van der Waals surface area contributed by atoms with Crippen LogP contribution < -0.4 is 20.1 Å². The lowest BCUT2D eigenvalue weighted by molar-refractivity contribution is -0.120. The molecule has 10 nitrogen and oxygen atoms in total. The van der Waals surface area contributed by atoms with Crippen molar-refractivity contribution in [1.29, 1.82) is 0 Å². The van der Waals surface area contributed by atoms with Gasteiger partial charge in [0.2, 0.25) is 5.91 Å². The maximum Gasteiger partial charge on any atom is 0.342 e. The summed E-state index contributed by atoms with van der Waals surface area (Å²) >= 11 is 0. The van der Waals surface area contributed by atoms with E-state index in [0.29, 0.717) is 35.5 Å². The molecule has 4 heterocycles. The van der Waals surface area contributed by atoms with Gasteiger partial charge in [-0.15, -0.1) is 0 Å². The molecular weight excluding hydrogens is 570 g/mol. The van der Waals surface area contributed by atoms with Crippen molar-refractivity contribution in [1.82, 2.24) is 25.3 Å². The molecule has 3 saturated heterocycles. The van der Waals surface area contributed by atoms with Crippen molar-refractivity contribution < 1.29 is 23.9 Å². The van der Waals surface area contributed by atoms with E-state index >= 15 is 0 Å². The van der Waals surface area contributed by atoms with Crippen LogP contribution in [0.5, 0.6) is 11.5 Å². The molecule has 3 aromatic carbocycles. The summed E-state index contributed by atoms with van der Waals surface area (Å²) in [6.45, 7) is 3.76. The van der Waals surface area contributed by atoms with Gasteiger partial charge in [0.05, 0.1) is 26.2 Å². The van der Waals surface area contributed by atoms with Crippen molar-refractivity contribution in [2.45, 2.75) is 38.8 Å². The lowest BCUT2D eigenvalue weighted by Crippen LogP contribution is -2.47. The molecule has 0 radical (unpaired) electrons. The van der Waals surface area contributed by atoms with Crippen LogP contribution in [0.15, 0.2) is 66.7 Å². The fourth-order valence-electron chi connectivity index (χ4n) is 6.56. The Morgan fingerprint density at radius 3 is 2.13 bits per heavy atom. The van der Waals surface area contributed by atoms with Crippen LogP contribution >= 0.6 is 0 Å². The van der Waals surface area contributed by atoms with Gasteiger partial charge in [-0.1, -0.05) is 30.3 Å². The Bertz CT molecular complexity index is 1710. The molecule has 4 aromatic rings. The molecule has 1 aromatic heterocycles. The number of amides is 2. The zero-order valence-corrected chi connectivity index (χ0v) is 25.8. The van der Waals surface area contributed by atoms with Crippen molar-refractivity contribution in [3.05, 3.63) is 89.1 Å². The van der Waals surface area contributed by atoms with Gasteiger partial charge in [0, 0.05) is 31.4 Å². The van der Waals surface area contributed by atoms with Gasteiger partial charge in [-0.05, 0) is 90.9 Å². The first-order valence-electron chi connectivity index (χ1n) is 15.5. The van der Waals surface area contributed by atoms with Crippen LogP contribution in [-0.2, 0) is 24.3 Å². The molecule has 7 rings (SSSR count). The molecule has 0 aliphatic carbocycles. The van der Waals surface area contributed by atoms with E-state index in [2.05, 4.69) is 20.6 Å². The SMILES string of the molecule is COc1cccc(CNC(=O)Cc2ccc3c(c2)c(C(=O)C[C@@H]2CN4CCC2CC4)nn3C(=O)NCc2cccc(OC)c2)c1. The molecule has 0 saturated carbocycles. The van der Waals surface area contributed by atoms with Crippen LogP contribution in [0, 0.1) is 11.8 Å². The predicted molar refractivity (Wildman–Crippen MR) is 171 cm³/mol. The van der Waals surface area contributed by atoms with Gasteiger partial charge in [-0.25, -0.2) is 4.79 Å². The third-order valence-corrected chi connectivity index (χ3v) is 9.01. The number of ether oxygens (including phenoxy) is 2. The Morgan fingerprint density at radius 2 is 1.51 bits per heavy atom. The van der Waals surface area contributed by atoms with Crippen LogP contribution in [0.4, 0.5) is 4.79 Å². The summed E-state index contributed by atoms with van der Waals surface area (Å²) in [6, 6.07) is 20.0. The van der Waals surface area contributed by atoms with Crippen LogP contribution in [0.2, 0.25) is 0 Å². The average Bonchev–Trinajstić information content (AvgIpc) is 3.46. The highest BCUT2D eigenvalue weighted by Crippen LogP contribution is 2.35. The number of piperidine rings is 3. The summed E-state index contributed by atoms with van der Waals surface area (Å²) < 4.78 is 11.8. The first-order chi connectivity index (χ1) is 21.9. The summed E-state index contributed by atoms with van der Waals surface area (Å²) in [5.74, 6) is 2.03. The van der Waals surface area contributed by atoms with Gasteiger partial charge in [0.1, 0.15) is 17.2 Å². The number of nitrogens with one attached hydrogen (secondary N) is 2. The second kappa shape index (κ2) is 13.5. The van der Waals surface area contributed by atoms with Gasteiger partial charge >= 0.3 is 6.03 Å². The van der Waals surface area contributed by atoms with Crippen molar-refractivity contribution >= 4 is 28.6 Å². The zero-order valence-electron chi connectivity index (χ0n) is 25.8. The van der Waals surface area contributed by atoms with Crippen molar-refractivity contribution in [2.75, 3.05) is 33.9 Å². The first-order valence-corrected chi connectivity index (χ1v) is 15.5. The molecule has 10 heteroatoms. The number of aromatic nitrogens is 2. The predicted octanol–water partition coefficient (Wildman–Crippen LogP) is 4.58. The normalized spacial score (nSPS) is 18.8. The molecule has 45 heavy (non-hydrogen) atoms. The van der Waals surface area contributed by atoms with Crippen LogP contribution in [0.1, 0.15) is 46.4 Å². The average molecular weight is 610 g/mol. The second-order valence-corrected chi connectivity index (χ2v) is 12.0. The minimum absolute atomic E-state index is 0.0716. The lowest BCUT2D eigenvalue weighted by Gasteiger charge is -2.44. The van der Waals surface area contributed by atoms with Gasteiger partial charge in [0.25, 0.3) is 0 Å². The van der Waals surface area contributed by atoms with E-state index in [0.717, 1.165) is 54.9 Å². The highest BCUT2D eigenvalue weighted by Gasteiger charge is 2.36. The number of ketones is 1. The number of fused-ring (bicyclic) bond motifs is 4.